The van der Waals surface area contributed by atoms with Crippen molar-refractivity contribution in [2.24, 2.45) is 5.73 Å². The number of nitro groups is 1. The molecule has 0 unspecified atom stereocenters. The average Bonchev–Trinajstić information content (AvgIpc) is 2.37. The molecule has 0 saturated heterocycles. The zero-order valence-electron chi connectivity index (χ0n) is 9.83. The molecule has 1 aromatic carbocycles. The minimum absolute atomic E-state index is 0.0245. The molecule has 0 aliphatic heterocycles. The zero-order chi connectivity index (χ0) is 13.4. The lowest BCUT2D eigenvalue weighted by atomic mass is 10.1. The fourth-order valence-corrected chi connectivity index (χ4v) is 1.33. The van der Waals surface area contributed by atoms with E-state index in [2.05, 4.69) is 5.32 Å². The van der Waals surface area contributed by atoms with Crippen molar-refractivity contribution in [3.05, 3.63) is 46.0 Å². The molecule has 0 aliphatic carbocycles. The number of nitrogens with one attached hydrogen (secondary N) is 1. The largest absolute Gasteiger partial charge is 0.353 e. The third kappa shape index (κ3) is 4.34. The van der Waals surface area contributed by atoms with Gasteiger partial charge in [0.25, 0.3) is 5.69 Å². The van der Waals surface area contributed by atoms with E-state index in [0.717, 1.165) is 0 Å². The lowest BCUT2D eigenvalue weighted by Crippen LogP contribution is -2.23. The maximum absolute atomic E-state index is 11.4. The number of hydrogen-bond acceptors (Lipinski definition) is 4. The SMILES string of the molecule is NCCCNC(=O)/C=C/c1ccccc1[N+](=O)[O-]. The number of benzene rings is 1. The number of carbonyl (C=O) groups excluding carboxylic acids is 1. The maximum Gasteiger partial charge on any atom is 0.276 e. The highest BCUT2D eigenvalue weighted by Gasteiger charge is 2.09. The molecule has 0 aromatic heterocycles. The Balaban J connectivity index is 2.66. The maximum atomic E-state index is 11.4. The van der Waals surface area contributed by atoms with Crippen LogP contribution in [0.15, 0.2) is 30.3 Å². The summed E-state index contributed by atoms with van der Waals surface area (Å²) in [4.78, 5) is 21.6. The Morgan fingerprint density at radius 3 is 2.83 bits per heavy atom. The molecular formula is C12H15N3O3. The first-order valence-corrected chi connectivity index (χ1v) is 5.54. The van der Waals surface area contributed by atoms with Gasteiger partial charge in [-0.1, -0.05) is 12.1 Å². The van der Waals surface area contributed by atoms with Crippen molar-refractivity contribution in [2.45, 2.75) is 6.42 Å². The Morgan fingerprint density at radius 2 is 2.17 bits per heavy atom. The van der Waals surface area contributed by atoms with E-state index in [4.69, 9.17) is 5.73 Å². The number of rotatable bonds is 6. The van der Waals surface area contributed by atoms with Crippen LogP contribution in [-0.2, 0) is 4.79 Å². The van der Waals surface area contributed by atoms with Gasteiger partial charge < -0.3 is 11.1 Å². The van der Waals surface area contributed by atoms with E-state index in [0.29, 0.717) is 25.1 Å². The number of para-hydroxylation sites is 1. The van der Waals surface area contributed by atoms with Crippen LogP contribution < -0.4 is 11.1 Å². The van der Waals surface area contributed by atoms with Crippen molar-refractivity contribution in [3.8, 4) is 0 Å². The van der Waals surface area contributed by atoms with E-state index in [1.807, 2.05) is 0 Å². The number of hydrogen-bond donors (Lipinski definition) is 2. The summed E-state index contributed by atoms with van der Waals surface area (Å²) in [5.41, 5.74) is 5.66. The molecule has 0 heterocycles. The predicted octanol–water partition coefficient (Wildman–Crippen LogP) is 1.07. The van der Waals surface area contributed by atoms with Gasteiger partial charge in [0.15, 0.2) is 0 Å². The summed E-state index contributed by atoms with van der Waals surface area (Å²) < 4.78 is 0. The van der Waals surface area contributed by atoms with E-state index in [9.17, 15) is 14.9 Å². The topological polar surface area (TPSA) is 98.3 Å². The van der Waals surface area contributed by atoms with Gasteiger partial charge in [-0.25, -0.2) is 0 Å². The normalized spacial score (nSPS) is 10.5. The van der Waals surface area contributed by atoms with Crippen molar-refractivity contribution >= 4 is 17.7 Å². The second-order valence-electron chi connectivity index (χ2n) is 3.58. The average molecular weight is 249 g/mol. The molecule has 0 fully saturated rings. The Labute approximate surface area is 105 Å². The Bertz CT molecular complexity index is 458. The van der Waals surface area contributed by atoms with E-state index < -0.39 is 4.92 Å². The fourth-order valence-electron chi connectivity index (χ4n) is 1.33. The van der Waals surface area contributed by atoms with Gasteiger partial charge >= 0.3 is 0 Å². The number of nitrogens with two attached hydrogens (primary N) is 1. The molecular weight excluding hydrogens is 234 g/mol. The highest BCUT2D eigenvalue weighted by Crippen LogP contribution is 2.18. The fraction of sp³-hybridized carbons (Fsp3) is 0.250. The molecule has 96 valence electrons. The van der Waals surface area contributed by atoms with Crippen LogP contribution in [0.1, 0.15) is 12.0 Å². The third-order valence-electron chi connectivity index (χ3n) is 2.23. The molecule has 6 nitrogen and oxygen atoms in total. The standard InChI is InChI=1S/C12H15N3O3/c13-8-3-9-14-12(16)7-6-10-4-1-2-5-11(10)15(17)18/h1-2,4-7H,3,8-9,13H2,(H,14,16)/b7-6+. The second kappa shape index (κ2) is 7.18. The van der Waals surface area contributed by atoms with Crippen LogP contribution in [0, 0.1) is 10.1 Å². The van der Waals surface area contributed by atoms with Crippen LogP contribution in [0.2, 0.25) is 0 Å². The first kappa shape index (κ1) is 13.9. The summed E-state index contributed by atoms with van der Waals surface area (Å²) >= 11 is 0. The van der Waals surface area contributed by atoms with Crippen molar-refractivity contribution < 1.29 is 9.72 Å². The highest BCUT2D eigenvalue weighted by molar-refractivity contribution is 5.92. The molecule has 3 N–H and O–H groups in total. The molecule has 0 radical (unpaired) electrons. The Kier molecular flexibility index (Phi) is 5.53. The number of carbonyl (C=O) groups is 1. The smallest absolute Gasteiger partial charge is 0.276 e. The van der Waals surface area contributed by atoms with Gasteiger partial charge in [0.2, 0.25) is 5.91 Å². The lowest BCUT2D eigenvalue weighted by Gasteiger charge is -1.99. The summed E-state index contributed by atoms with van der Waals surface area (Å²) in [5, 5.41) is 13.4. The van der Waals surface area contributed by atoms with Crippen LogP contribution in [-0.4, -0.2) is 23.9 Å². The van der Waals surface area contributed by atoms with Crippen LogP contribution in [0.5, 0.6) is 0 Å². The van der Waals surface area contributed by atoms with Crippen molar-refractivity contribution in [1.29, 1.82) is 0 Å². The van der Waals surface area contributed by atoms with Crippen molar-refractivity contribution in [1.82, 2.24) is 5.32 Å². The summed E-state index contributed by atoms with van der Waals surface area (Å²) in [5.74, 6) is -0.290. The van der Waals surface area contributed by atoms with Gasteiger partial charge in [0, 0.05) is 18.7 Å². The van der Waals surface area contributed by atoms with Crippen molar-refractivity contribution in [2.75, 3.05) is 13.1 Å². The van der Waals surface area contributed by atoms with Gasteiger partial charge in [-0.05, 0) is 25.1 Å². The minimum Gasteiger partial charge on any atom is -0.353 e. The number of nitro benzene ring substituents is 1. The number of nitrogens with zero attached hydrogens (tertiary/aromatic N) is 1. The molecule has 0 saturated carbocycles. The van der Waals surface area contributed by atoms with Crippen molar-refractivity contribution in [3.63, 3.8) is 0 Å². The van der Waals surface area contributed by atoms with E-state index in [-0.39, 0.29) is 11.6 Å². The summed E-state index contributed by atoms with van der Waals surface area (Å²) in [6, 6.07) is 6.24. The van der Waals surface area contributed by atoms with Crippen LogP contribution in [0.25, 0.3) is 6.08 Å². The van der Waals surface area contributed by atoms with Gasteiger partial charge in [-0.15, -0.1) is 0 Å². The van der Waals surface area contributed by atoms with Gasteiger partial charge in [-0.2, -0.15) is 0 Å². The first-order valence-electron chi connectivity index (χ1n) is 5.54. The van der Waals surface area contributed by atoms with Gasteiger partial charge in [-0.3, -0.25) is 14.9 Å². The molecule has 0 bridgehead atoms. The molecule has 1 rings (SSSR count). The summed E-state index contributed by atoms with van der Waals surface area (Å²) in [7, 11) is 0. The number of amides is 1. The Morgan fingerprint density at radius 1 is 1.44 bits per heavy atom. The second-order valence-corrected chi connectivity index (χ2v) is 3.58. The molecule has 18 heavy (non-hydrogen) atoms. The molecule has 0 spiro atoms. The van der Waals surface area contributed by atoms with Crippen LogP contribution in [0.4, 0.5) is 5.69 Å². The molecule has 0 atom stereocenters. The van der Waals surface area contributed by atoms with Crippen LogP contribution in [0.3, 0.4) is 0 Å². The monoisotopic (exact) mass is 249 g/mol. The third-order valence-corrected chi connectivity index (χ3v) is 2.23. The van der Waals surface area contributed by atoms with Crippen LogP contribution >= 0.6 is 0 Å². The molecule has 6 heteroatoms. The van der Waals surface area contributed by atoms with Gasteiger partial charge in [0.1, 0.15) is 0 Å². The highest BCUT2D eigenvalue weighted by atomic mass is 16.6. The van der Waals surface area contributed by atoms with E-state index >= 15 is 0 Å². The predicted molar refractivity (Wildman–Crippen MR) is 68.8 cm³/mol. The zero-order valence-corrected chi connectivity index (χ0v) is 9.83. The molecule has 1 aromatic rings. The quantitative estimate of drug-likeness (QED) is 0.341. The van der Waals surface area contributed by atoms with E-state index in [1.54, 1.807) is 18.2 Å². The lowest BCUT2D eigenvalue weighted by molar-refractivity contribution is -0.385. The van der Waals surface area contributed by atoms with Gasteiger partial charge in [0.05, 0.1) is 10.5 Å². The first-order chi connectivity index (χ1) is 8.65. The van der Waals surface area contributed by atoms with E-state index in [1.165, 1.54) is 18.2 Å². The molecule has 1 amide bonds. The summed E-state index contributed by atoms with van der Waals surface area (Å²) in [6.45, 7) is 1.00. The Hall–Kier alpha value is -2.21. The minimum atomic E-state index is -0.480. The molecule has 0 aliphatic rings. The summed E-state index contributed by atoms with van der Waals surface area (Å²) in [6.07, 6.45) is 3.40.